The molecule has 0 spiro atoms. The fraction of sp³-hybridized carbons (Fsp3) is 0.350. The summed E-state index contributed by atoms with van der Waals surface area (Å²) in [6.07, 6.45) is 2.02. The number of carbonyl (C=O) groups is 1. The number of piperidine rings is 1. The first kappa shape index (κ1) is 17.5. The Morgan fingerprint density at radius 1 is 1.16 bits per heavy atom. The number of benzene rings is 2. The van der Waals surface area contributed by atoms with Gasteiger partial charge in [0, 0.05) is 13.1 Å². The molecule has 1 aliphatic heterocycles. The van der Waals surface area contributed by atoms with E-state index >= 15 is 0 Å². The molecule has 1 saturated heterocycles. The van der Waals surface area contributed by atoms with Crippen LogP contribution in [0.5, 0.6) is 0 Å². The molecule has 25 heavy (non-hydrogen) atoms. The molecule has 2 aromatic carbocycles. The van der Waals surface area contributed by atoms with Crippen molar-refractivity contribution < 1.29 is 13.6 Å². The van der Waals surface area contributed by atoms with Crippen LogP contribution in [0.2, 0.25) is 0 Å². The van der Waals surface area contributed by atoms with Crippen molar-refractivity contribution in [1.82, 2.24) is 10.2 Å². The third-order valence-corrected chi connectivity index (χ3v) is 4.68. The minimum Gasteiger partial charge on any atom is -0.338 e. The molecule has 1 atom stereocenters. The smallest absolute Gasteiger partial charge is 0.256 e. The third kappa shape index (κ3) is 4.04. The summed E-state index contributed by atoms with van der Waals surface area (Å²) in [5.74, 6) is -0.729. The molecule has 1 unspecified atom stereocenters. The minimum atomic E-state index is -0.539. The summed E-state index contributed by atoms with van der Waals surface area (Å²) in [5.41, 5.74) is 1.43. The zero-order valence-electron chi connectivity index (χ0n) is 14.3. The largest absolute Gasteiger partial charge is 0.338 e. The van der Waals surface area contributed by atoms with E-state index in [-0.39, 0.29) is 17.3 Å². The van der Waals surface area contributed by atoms with Gasteiger partial charge in [-0.1, -0.05) is 18.2 Å². The molecule has 3 rings (SSSR count). The molecule has 0 saturated carbocycles. The van der Waals surface area contributed by atoms with Crippen molar-refractivity contribution in [3.63, 3.8) is 0 Å². The Morgan fingerprint density at radius 2 is 1.88 bits per heavy atom. The molecular weight excluding hydrogens is 322 g/mol. The van der Waals surface area contributed by atoms with Crippen molar-refractivity contribution in [2.45, 2.75) is 12.8 Å². The summed E-state index contributed by atoms with van der Waals surface area (Å²) in [4.78, 5) is 14.4. The van der Waals surface area contributed by atoms with Gasteiger partial charge in [-0.15, -0.1) is 0 Å². The quantitative estimate of drug-likeness (QED) is 0.917. The van der Waals surface area contributed by atoms with Gasteiger partial charge in [0.05, 0.1) is 5.56 Å². The maximum atomic E-state index is 14.5. The fourth-order valence-corrected chi connectivity index (χ4v) is 3.39. The number of carbonyl (C=O) groups excluding carboxylic acids is 1. The predicted molar refractivity (Wildman–Crippen MR) is 94.3 cm³/mol. The topological polar surface area (TPSA) is 32.3 Å². The van der Waals surface area contributed by atoms with Crippen LogP contribution in [-0.4, -0.2) is 37.5 Å². The lowest BCUT2D eigenvalue weighted by atomic mass is 9.97. The standard InChI is InChI=1S/C20H22F2N2O/c1-23-12-14-3-2-10-24(13-14)20(25)18-9-6-16(11-19(18)22)15-4-7-17(21)8-5-15/h4-9,11,14,23H,2-3,10,12-13H2,1H3. The molecule has 1 heterocycles. The molecular formula is C20H22F2N2O. The van der Waals surface area contributed by atoms with Gasteiger partial charge in [0.15, 0.2) is 0 Å². The summed E-state index contributed by atoms with van der Waals surface area (Å²) in [7, 11) is 1.90. The summed E-state index contributed by atoms with van der Waals surface area (Å²) in [5, 5.41) is 3.14. The molecule has 2 aromatic rings. The van der Waals surface area contributed by atoms with Crippen LogP contribution in [0, 0.1) is 17.6 Å². The van der Waals surface area contributed by atoms with E-state index in [0.29, 0.717) is 30.1 Å². The molecule has 1 aliphatic rings. The Kier molecular flexibility index (Phi) is 5.43. The Hall–Kier alpha value is -2.27. The van der Waals surface area contributed by atoms with E-state index in [1.165, 1.54) is 24.3 Å². The lowest BCUT2D eigenvalue weighted by Gasteiger charge is -2.32. The van der Waals surface area contributed by atoms with Gasteiger partial charge in [0.1, 0.15) is 11.6 Å². The summed E-state index contributed by atoms with van der Waals surface area (Å²) in [6, 6.07) is 10.4. The van der Waals surface area contributed by atoms with Crippen LogP contribution in [-0.2, 0) is 0 Å². The second-order valence-electron chi connectivity index (χ2n) is 6.52. The molecule has 5 heteroatoms. The molecule has 0 bridgehead atoms. The van der Waals surface area contributed by atoms with Crippen LogP contribution in [0.1, 0.15) is 23.2 Å². The van der Waals surface area contributed by atoms with E-state index in [1.807, 2.05) is 7.05 Å². The zero-order valence-corrected chi connectivity index (χ0v) is 14.3. The molecule has 1 fully saturated rings. The highest BCUT2D eigenvalue weighted by molar-refractivity contribution is 5.95. The Bertz CT molecular complexity index is 744. The fourth-order valence-electron chi connectivity index (χ4n) is 3.39. The number of amides is 1. The van der Waals surface area contributed by atoms with Crippen molar-refractivity contribution in [2.24, 2.45) is 5.92 Å². The van der Waals surface area contributed by atoms with Crippen LogP contribution in [0.3, 0.4) is 0 Å². The first-order chi connectivity index (χ1) is 12.1. The maximum Gasteiger partial charge on any atom is 0.256 e. The van der Waals surface area contributed by atoms with Gasteiger partial charge in [-0.05, 0) is 67.7 Å². The Balaban J connectivity index is 1.78. The van der Waals surface area contributed by atoms with Crippen molar-refractivity contribution >= 4 is 5.91 Å². The van der Waals surface area contributed by atoms with Crippen LogP contribution >= 0.6 is 0 Å². The van der Waals surface area contributed by atoms with Crippen LogP contribution in [0.4, 0.5) is 8.78 Å². The lowest BCUT2D eigenvalue weighted by Crippen LogP contribution is -2.42. The van der Waals surface area contributed by atoms with Crippen molar-refractivity contribution in [1.29, 1.82) is 0 Å². The number of nitrogens with zero attached hydrogens (tertiary/aromatic N) is 1. The van der Waals surface area contributed by atoms with Gasteiger partial charge < -0.3 is 10.2 Å². The average Bonchev–Trinajstić information content (AvgIpc) is 2.62. The van der Waals surface area contributed by atoms with E-state index in [9.17, 15) is 13.6 Å². The summed E-state index contributed by atoms with van der Waals surface area (Å²) in [6.45, 7) is 2.17. The van der Waals surface area contributed by atoms with Gasteiger partial charge >= 0.3 is 0 Å². The molecule has 0 radical (unpaired) electrons. The number of likely N-dealkylation sites (tertiary alicyclic amines) is 1. The van der Waals surface area contributed by atoms with E-state index in [4.69, 9.17) is 0 Å². The highest BCUT2D eigenvalue weighted by Crippen LogP contribution is 2.24. The van der Waals surface area contributed by atoms with Gasteiger partial charge in [0.25, 0.3) is 5.91 Å². The Morgan fingerprint density at radius 3 is 2.56 bits per heavy atom. The van der Waals surface area contributed by atoms with E-state index < -0.39 is 5.82 Å². The first-order valence-corrected chi connectivity index (χ1v) is 8.58. The van der Waals surface area contributed by atoms with Gasteiger partial charge in [-0.25, -0.2) is 8.78 Å². The first-order valence-electron chi connectivity index (χ1n) is 8.58. The van der Waals surface area contributed by atoms with Crippen LogP contribution in [0.15, 0.2) is 42.5 Å². The number of nitrogens with one attached hydrogen (secondary N) is 1. The van der Waals surface area contributed by atoms with E-state index in [2.05, 4.69) is 5.32 Å². The van der Waals surface area contributed by atoms with Gasteiger partial charge in [-0.2, -0.15) is 0 Å². The number of rotatable bonds is 4. The normalized spacial score (nSPS) is 17.6. The summed E-state index contributed by atoms with van der Waals surface area (Å²) < 4.78 is 27.5. The van der Waals surface area contributed by atoms with E-state index in [0.717, 1.165) is 19.4 Å². The number of hydrogen-bond donors (Lipinski definition) is 1. The molecule has 0 aliphatic carbocycles. The van der Waals surface area contributed by atoms with Crippen LogP contribution in [0.25, 0.3) is 11.1 Å². The van der Waals surface area contributed by atoms with Crippen LogP contribution < -0.4 is 5.32 Å². The third-order valence-electron chi connectivity index (χ3n) is 4.68. The second-order valence-corrected chi connectivity index (χ2v) is 6.52. The van der Waals surface area contributed by atoms with Gasteiger partial charge in [0.2, 0.25) is 0 Å². The Labute approximate surface area is 146 Å². The highest BCUT2D eigenvalue weighted by atomic mass is 19.1. The van der Waals surface area contributed by atoms with Crippen molar-refractivity contribution in [2.75, 3.05) is 26.7 Å². The molecule has 1 N–H and O–H groups in total. The average molecular weight is 344 g/mol. The molecule has 1 amide bonds. The molecule has 3 nitrogen and oxygen atoms in total. The lowest BCUT2D eigenvalue weighted by molar-refractivity contribution is 0.0669. The highest BCUT2D eigenvalue weighted by Gasteiger charge is 2.25. The molecule has 0 aromatic heterocycles. The predicted octanol–water partition coefficient (Wildman–Crippen LogP) is 3.70. The second kappa shape index (κ2) is 7.74. The zero-order chi connectivity index (χ0) is 17.8. The monoisotopic (exact) mass is 344 g/mol. The van der Waals surface area contributed by atoms with Crippen molar-refractivity contribution in [3.05, 3.63) is 59.7 Å². The van der Waals surface area contributed by atoms with Gasteiger partial charge in [-0.3, -0.25) is 4.79 Å². The summed E-state index contributed by atoms with van der Waals surface area (Å²) >= 11 is 0. The number of halogens is 2. The minimum absolute atomic E-state index is 0.0935. The SMILES string of the molecule is CNCC1CCCN(C(=O)c2ccc(-c3ccc(F)cc3)cc2F)C1. The number of hydrogen-bond acceptors (Lipinski definition) is 2. The van der Waals surface area contributed by atoms with E-state index in [1.54, 1.807) is 23.1 Å². The molecule has 132 valence electrons. The van der Waals surface area contributed by atoms with Crippen molar-refractivity contribution in [3.8, 4) is 11.1 Å². The maximum absolute atomic E-state index is 14.5.